The van der Waals surface area contributed by atoms with Gasteiger partial charge in [-0.05, 0) is 45.2 Å². The van der Waals surface area contributed by atoms with Crippen LogP contribution < -0.4 is 5.32 Å². The number of aromatic nitrogens is 4. The van der Waals surface area contributed by atoms with E-state index in [2.05, 4.69) is 20.4 Å². The number of piperidine rings is 1. The number of carbonyl (C=O) groups is 1. The summed E-state index contributed by atoms with van der Waals surface area (Å²) in [5.74, 6) is -0.339. The molecule has 0 bridgehead atoms. The number of nitrogens with zero attached hydrogens (tertiary/aromatic N) is 4. The Labute approximate surface area is 157 Å². The van der Waals surface area contributed by atoms with Crippen LogP contribution in [-0.4, -0.2) is 51.7 Å². The zero-order chi connectivity index (χ0) is 16.9. The molecule has 25 heavy (non-hydrogen) atoms. The third kappa shape index (κ3) is 4.50. The fraction of sp³-hybridized carbons (Fsp3) is 0.500. The summed E-state index contributed by atoms with van der Waals surface area (Å²) in [6.45, 7) is 3.99. The van der Waals surface area contributed by atoms with Gasteiger partial charge in [0.2, 0.25) is 0 Å². The van der Waals surface area contributed by atoms with Crippen molar-refractivity contribution in [2.45, 2.75) is 31.0 Å². The second-order valence-electron chi connectivity index (χ2n) is 5.49. The van der Waals surface area contributed by atoms with Crippen LogP contribution in [0.25, 0.3) is 11.4 Å². The van der Waals surface area contributed by atoms with Crippen LogP contribution in [0.5, 0.6) is 0 Å². The molecule has 9 heteroatoms. The zero-order valence-electron chi connectivity index (χ0n) is 14.3. The van der Waals surface area contributed by atoms with E-state index < -0.39 is 0 Å². The molecule has 3 heterocycles. The molecule has 0 amide bonds. The molecule has 3 rings (SSSR count). The highest BCUT2D eigenvalue weighted by Crippen LogP contribution is 2.25. The molecule has 0 unspecified atom stereocenters. The lowest BCUT2D eigenvalue weighted by molar-refractivity contribution is 0.0507. The summed E-state index contributed by atoms with van der Waals surface area (Å²) >= 11 is 1.47. The van der Waals surface area contributed by atoms with E-state index >= 15 is 0 Å². The largest absolute Gasteiger partial charge is 0.461 e. The molecule has 1 N–H and O–H groups in total. The van der Waals surface area contributed by atoms with Gasteiger partial charge in [-0.3, -0.25) is 4.68 Å². The highest BCUT2D eigenvalue weighted by atomic mass is 35.5. The summed E-state index contributed by atoms with van der Waals surface area (Å²) in [6.07, 6.45) is 5.51. The number of carbonyl (C=O) groups excluding carboxylic acids is 1. The summed E-state index contributed by atoms with van der Waals surface area (Å²) in [5.41, 5.74) is 1.88. The van der Waals surface area contributed by atoms with Gasteiger partial charge in [-0.15, -0.1) is 12.4 Å². The second-order valence-corrected chi connectivity index (χ2v) is 6.26. The van der Waals surface area contributed by atoms with Gasteiger partial charge >= 0.3 is 5.97 Å². The van der Waals surface area contributed by atoms with E-state index in [4.69, 9.17) is 4.74 Å². The summed E-state index contributed by atoms with van der Waals surface area (Å²) < 4.78 is 7.02. The lowest BCUT2D eigenvalue weighted by atomic mass is 10.1. The van der Waals surface area contributed by atoms with Crippen molar-refractivity contribution in [3.05, 3.63) is 24.0 Å². The van der Waals surface area contributed by atoms with Gasteiger partial charge in [-0.1, -0.05) is 11.8 Å². The lowest BCUT2D eigenvalue weighted by Crippen LogP contribution is -2.31. The SMILES string of the molecule is CCOC(=O)c1cc(-c2ccnc(SC)n2)nn1C1CCNCC1.Cl. The van der Waals surface area contributed by atoms with Crippen molar-refractivity contribution in [2.75, 3.05) is 26.0 Å². The number of hydrogen-bond donors (Lipinski definition) is 1. The van der Waals surface area contributed by atoms with Crippen molar-refractivity contribution in [2.24, 2.45) is 0 Å². The summed E-state index contributed by atoms with van der Waals surface area (Å²) in [7, 11) is 0. The fourth-order valence-corrected chi connectivity index (χ4v) is 3.14. The van der Waals surface area contributed by atoms with Crippen LogP contribution in [0.3, 0.4) is 0 Å². The zero-order valence-corrected chi connectivity index (χ0v) is 15.9. The summed E-state index contributed by atoms with van der Waals surface area (Å²) in [4.78, 5) is 21.0. The highest BCUT2D eigenvalue weighted by molar-refractivity contribution is 7.98. The number of halogens is 1. The van der Waals surface area contributed by atoms with E-state index in [1.54, 1.807) is 19.2 Å². The minimum Gasteiger partial charge on any atom is -0.461 e. The van der Waals surface area contributed by atoms with E-state index in [-0.39, 0.29) is 24.4 Å². The van der Waals surface area contributed by atoms with Crippen molar-refractivity contribution < 1.29 is 9.53 Å². The van der Waals surface area contributed by atoms with Crippen LogP contribution in [0, 0.1) is 0 Å². The van der Waals surface area contributed by atoms with Crippen LogP contribution in [-0.2, 0) is 4.74 Å². The molecule has 2 aromatic heterocycles. The van der Waals surface area contributed by atoms with Crippen LogP contribution in [0.2, 0.25) is 0 Å². The molecule has 7 nitrogen and oxygen atoms in total. The minimum atomic E-state index is -0.339. The molecule has 0 saturated carbocycles. The molecule has 0 atom stereocenters. The highest BCUT2D eigenvalue weighted by Gasteiger charge is 2.24. The van der Waals surface area contributed by atoms with Gasteiger partial charge < -0.3 is 10.1 Å². The molecule has 1 fully saturated rings. The quantitative estimate of drug-likeness (QED) is 0.482. The Morgan fingerprint density at radius 1 is 1.40 bits per heavy atom. The van der Waals surface area contributed by atoms with Crippen molar-refractivity contribution in [3.8, 4) is 11.4 Å². The molecule has 0 radical (unpaired) electrons. The first-order chi connectivity index (χ1) is 11.7. The van der Waals surface area contributed by atoms with Crippen LogP contribution in [0.4, 0.5) is 0 Å². The Kier molecular flexibility index (Phi) is 7.22. The molecule has 0 spiro atoms. The Balaban J connectivity index is 0.00000225. The molecular formula is C16H22ClN5O2S. The Hall–Kier alpha value is -1.64. The van der Waals surface area contributed by atoms with Crippen LogP contribution in [0.1, 0.15) is 36.3 Å². The van der Waals surface area contributed by atoms with Crippen LogP contribution >= 0.6 is 24.2 Å². The molecule has 136 valence electrons. The molecule has 2 aromatic rings. The normalized spacial score (nSPS) is 14.8. The van der Waals surface area contributed by atoms with Crippen molar-refractivity contribution in [1.29, 1.82) is 0 Å². The average molecular weight is 384 g/mol. The van der Waals surface area contributed by atoms with Crippen molar-refractivity contribution in [3.63, 3.8) is 0 Å². The third-order valence-corrected chi connectivity index (χ3v) is 4.52. The predicted octanol–water partition coefficient (Wildman–Crippen LogP) is 2.59. The van der Waals surface area contributed by atoms with E-state index in [0.717, 1.165) is 25.9 Å². The third-order valence-electron chi connectivity index (χ3n) is 3.95. The van der Waals surface area contributed by atoms with E-state index in [9.17, 15) is 4.79 Å². The molecule has 1 aliphatic heterocycles. The maximum Gasteiger partial charge on any atom is 0.356 e. The van der Waals surface area contributed by atoms with Crippen molar-refractivity contribution >= 4 is 30.1 Å². The number of rotatable bonds is 5. The summed E-state index contributed by atoms with van der Waals surface area (Å²) in [6, 6.07) is 3.78. The minimum absolute atomic E-state index is 0. The molecule has 1 saturated heterocycles. The molecule has 1 aliphatic rings. The Morgan fingerprint density at radius 2 is 2.16 bits per heavy atom. The lowest BCUT2D eigenvalue weighted by Gasteiger charge is -2.24. The maximum absolute atomic E-state index is 12.3. The van der Waals surface area contributed by atoms with Gasteiger partial charge in [-0.25, -0.2) is 14.8 Å². The smallest absolute Gasteiger partial charge is 0.356 e. The van der Waals surface area contributed by atoms with Crippen molar-refractivity contribution in [1.82, 2.24) is 25.1 Å². The van der Waals surface area contributed by atoms with Gasteiger partial charge in [0.05, 0.1) is 18.3 Å². The van der Waals surface area contributed by atoms with Gasteiger partial charge in [0.15, 0.2) is 5.16 Å². The first kappa shape index (κ1) is 19.7. The molecular weight excluding hydrogens is 362 g/mol. The van der Waals surface area contributed by atoms with E-state index in [1.807, 2.05) is 17.0 Å². The maximum atomic E-state index is 12.3. The number of esters is 1. The molecule has 0 aliphatic carbocycles. The van der Waals surface area contributed by atoms with E-state index in [1.165, 1.54) is 11.8 Å². The first-order valence-electron chi connectivity index (χ1n) is 8.07. The first-order valence-corrected chi connectivity index (χ1v) is 9.30. The number of thioether (sulfide) groups is 1. The van der Waals surface area contributed by atoms with Gasteiger partial charge in [0, 0.05) is 12.3 Å². The Morgan fingerprint density at radius 3 is 2.84 bits per heavy atom. The predicted molar refractivity (Wildman–Crippen MR) is 99.4 cm³/mol. The van der Waals surface area contributed by atoms with Gasteiger partial charge in [-0.2, -0.15) is 5.10 Å². The topological polar surface area (TPSA) is 81.9 Å². The standard InChI is InChI=1S/C16H21N5O2S.ClH/c1-3-23-15(22)14-10-13(12-6-9-18-16(19-12)24-2)20-21(14)11-4-7-17-8-5-11;/h6,9-11,17H,3-5,7-8H2,1-2H3;1H. The van der Waals surface area contributed by atoms with Gasteiger partial charge in [0.25, 0.3) is 0 Å². The average Bonchev–Trinajstić information content (AvgIpc) is 3.08. The molecule has 0 aromatic carbocycles. The Bertz CT molecular complexity index is 718. The van der Waals surface area contributed by atoms with Crippen LogP contribution in [0.15, 0.2) is 23.5 Å². The summed E-state index contributed by atoms with van der Waals surface area (Å²) in [5, 5.41) is 8.68. The fourth-order valence-electron chi connectivity index (χ4n) is 2.79. The van der Waals surface area contributed by atoms with Gasteiger partial charge in [0.1, 0.15) is 11.4 Å². The number of ether oxygens (including phenoxy) is 1. The number of nitrogens with one attached hydrogen (secondary N) is 1. The number of hydrogen-bond acceptors (Lipinski definition) is 7. The monoisotopic (exact) mass is 383 g/mol. The van der Waals surface area contributed by atoms with E-state index in [0.29, 0.717) is 28.8 Å². The second kappa shape index (κ2) is 9.17.